The summed E-state index contributed by atoms with van der Waals surface area (Å²) in [5.41, 5.74) is 12.5. The fourth-order valence-electron chi connectivity index (χ4n) is 3.98. The molecule has 8 nitrogen and oxygen atoms in total. The van der Waals surface area contributed by atoms with Crippen LogP contribution >= 0.6 is 0 Å². The number of carbonyl (C=O) groups is 1. The Hall–Kier alpha value is -4.82. The van der Waals surface area contributed by atoms with Crippen molar-refractivity contribution >= 4 is 22.5 Å². The van der Waals surface area contributed by atoms with Gasteiger partial charge in [-0.3, -0.25) is 4.79 Å². The second kappa shape index (κ2) is 9.91. The number of nitrogens with zero attached hydrogens (tertiary/aromatic N) is 3. The Bertz CT molecular complexity index is 1630. The molecule has 0 bridgehead atoms. The lowest BCUT2D eigenvalue weighted by Crippen LogP contribution is -2.24. The first-order valence-corrected chi connectivity index (χ1v) is 11.4. The summed E-state index contributed by atoms with van der Waals surface area (Å²) in [6, 6.07) is 12.7. The van der Waals surface area contributed by atoms with E-state index in [1.807, 2.05) is 29.2 Å². The molecule has 0 spiro atoms. The third-order valence-electron chi connectivity index (χ3n) is 5.81. The lowest BCUT2D eigenvalue weighted by atomic mass is 10.1. The van der Waals surface area contributed by atoms with Crippen molar-refractivity contribution in [3.05, 3.63) is 95.1 Å². The third kappa shape index (κ3) is 4.77. The van der Waals surface area contributed by atoms with E-state index in [1.165, 1.54) is 19.2 Å². The number of nitrogens with two attached hydrogens (primary N) is 1. The molecule has 192 valence electrons. The summed E-state index contributed by atoms with van der Waals surface area (Å²) in [6.07, 6.45) is -1.15. The Balaban J connectivity index is 1.43. The van der Waals surface area contributed by atoms with Gasteiger partial charge in [-0.25, -0.2) is 9.97 Å². The largest absolute Gasteiger partial charge is 0.494 e. The van der Waals surface area contributed by atoms with E-state index in [1.54, 1.807) is 18.5 Å². The number of benzene rings is 2. The van der Waals surface area contributed by atoms with Crippen LogP contribution in [0.15, 0.2) is 76.8 Å². The van der Waals surface area contributed by atoms with Crippen LogP contribution in [0.2, 0.25) is 0 Å². The number of aromatic nitrogens is 2. The Morgan fingerprint density at radius 2 is 1.92 bits per heavy atom. The van der Waals surface area contributed by atoms with Crippen LogP contribution in [-0.4, -0.2) is 23.0 Å². The van der Waals surface area contributed by atoms with Crippen molar-refractivity contribution in [1.29, 1.82) is 0 Å². The Kier molecular flexibility index (Phi) is 6.48. The van der Waals surface area contributed by atoms with Crippen molar-refractivity contribution < 1.29 is 27.1 Å². The molecule has 4 aromatic rings. The molecule has 0 fully saturated rings. The maximum atomic E-state index is 13.3. The van der Waals surface area contributed by atoms with Crippen molar-refractivity contribution in [2.75, 3.05) is 12.0 Å². The maximum Gasteiger partial charge on any atom is 0.433 e. The fraction of sp³-hybridized carbons (Fsp3) is 0.148. The number of hydrogen-bond donors (Lipinski definition) is 2. The number of hydrogen-bond acceptors (Lipinski definition) is 7. The number of ether oxygens (including phenoxy) is 1. The molecule has 0 radical (unpaired) electrons. The highest BCUT2D eigenvalue weighted by Crippen LogP contribution is 2.37. The van der Waals surface area contributed by atoms with Crippen LogP contribution in [0.25, 0.3) is 22.4 Å². The van der Waals surface area contributed by atoms with Crippen LogP contribution in [-0.2, 0) is 19.3 Å². The number of anilines is 1. The van der Waals surface area contributed by atoms with Gasteiger partial charge in [0.1, 0.15) is 17.0 Å². The van der Waals surface area contributed by atoms with Gasteiger partial charge in [0, 0.05) is 23.2 Å². The quantitative estimate of drug-likeness (QED) is 0.334. The van der Waals surface area contributed by atoms with Gasteiger partial charge in [-0.2, -0.15) is 13.2 Å². The minimum absolute atomic E-state index is 0.0166. The number of fused-ring (bicyclic) bond motifs is 1. The molecule has 1 aliphatic rings. The summed E-state index contributed by atoms with van der Waals surface area (Å²) >= 11 is 0. The smallest absolute Gasteiger partial charge is 0.433 e. The number of alkyl halides is 3. The normalized spacial score (nSPS) is 12.5. The van der Waals surface area contributed by atoms with Crippen LogP contribution in [0.4, 0.5) is 18.9 Å². The summed E-state index contributed by atoms with van der Waals surface area (Å²) < 4.78 is 50.8. The highest BCUT2D eigenvalue weighted by molar-refractivity contribution is 5.98. The number of methoxy groups -OCH3 is 1. The standard InChI is InChI=1S/C27H20F3N5O3/c1-37-20-9-7-19(18-8-10-22(27(28,29)30)33-23(18)20)26-34-24(21(14-31)38-26)25(36)32-15-16-5-4-6-17(13-16)35-11-2-3-12-35/h4-13H,14-15,31H2,1H3,(H,32,36). The molecular weight excluding hydrogens is 499 g/mol. The van der Waals surface area contributed by atoms with Crippen LogP contribution in [0.3, 0.4) is 0 Å². The predicted molar refractivity (Wildman–Crippen MR) is 133 cm³/mol. The molecule has 3 N–H and O–H groups in total. The van der Waals surface area contributed by atoms with Crippen LogP contribution in [0.1, 0.15) is 27.5 Å². The monoisotopic (exact) mass is 519 g/mol. The summed E-state index contributed by atoms with van der Waals surface area (Å²) in [4.78, 5) is 22.9. The van der Waals surface area contributed by atoms with E-state index >= 15 is 0 Å². The number of nitrogens with one attached hydrogen (secondary N) is 1. The minimum Gasteiger partial charge on any atom is -0.494 e. The van der Waals surface area contributed by atoms with Gasteiger partial charge in [0.05, 0.1) is 26.1 Å². The average Bonchev–Trinajstić information content (AvgIpc) is 3.61. The van der Waals surface area contributed by atoms with E-state index in [9.17, 15) is 18.0 Å². The molecule has 3 heterocycles. The second-order valence-electron chi connectivity index (χ2n) is 8.21. The topological polar surface area (TPSA) is 107 Å². The zero-order valence-electron chi connectivity index (χ0n) is 20.0. The maximum absolute atomic E-state index is 13.3. The van der Waals surface area contributed by atoms with E-state index in [-0.39, 0.29) is 41.7 Å². The Labute approximate surface area is 214 Å². The first-order valence-electron chi connectivity index (χ1n) is 11.4. The number of carbonyl (C=O) groups excluding carboxylic acids is 1. The molecule has 0 unspecified atom stereocenters. The first-order chi connectivity index (χ1) is 18.3. The van der Waals surface area contributed by atoms with Gasteiger partial charge in [0.15, 0.2) is 11.5 Å². The van der Waals surface area contributed by atoms with Crippen molar-refractivity contribution in [3.63, 3.8) is 0 Å². The number of amides is 1. The molecule has 0 atom stereocenters. The highest BCUT2D eigenvalue weighted by Gasteiger charge is 2.33. The number of oxazole rings is 1. The molecule has 1 aliphatic heterocycles. The number of halogens is 3. The van der Waals surface area contributed by atoms with Crippen LogP contribution < -0.4 is 20.7 Å². The zero-order chi connectivity index (χ0) is 26.9. The van der Waals surface area contributed by atoms with Gasteiger partial charge >= 0.3 is 6.18 Å². The zero-order valence-corrected chi connectivity index (χ0v) is 20.0. The van der Waals surface area contributed by atoms with Crippen molar-refractivity contribution in [1.82, 2.24) is 15.3 Å². The Morgan fingerprint density at radius 1 is 1.13 bits per heavy atom. The highest BCUT2D eigenvalue weighted by atomic mass is 19.4. The average molecular weight is 519 g/mol. The molecule has 0 saturated heterocycles. The summed E-state index contributed by atoms with van der Waals surface area (Å²) in [5, 5.41) is 3.12. The van der Waals surface area contributed by atoms with E-state index in [2.05, 4.69) is 26.7 Å². The molecule has 5 rings (SSSR count). The van der Waals surface area contributed by atoms with E-state index in [4.69, 9.17) is 14.9 Å². The van der Waals surface area contributed by atoms with E-state index in [0.717, 1.165) is 17.3 Å². The second-order valence-corrected chi connectivity index (χ2v) is 8.21. The van der Waals surface area contributed by atoms with Crippen LogP contribution in [0, 0.1) is 0 Å². The summed E-state index contributed by atoms with van der Waals surface area (Å²) in [5.74, 6) is -0.208. The van der Waals surface area contributed by atoms with Crippen molar-refractivity contribution in [2.24, 2.45) is 5.73 Å². The lowest BCUT2D eigenvalue weighted by molar-refractivity contribution is -0.140. The molecule has 0 saturated carbocycles. The van der Waals surface area contributed by atoms with Gasteiger partial charge in [0.2, 0.25) is 5.89 Å². The van der Waals surface area contributed by atoms with Gasteiger partial charge in [-0.05, 0) is 42.0 Å². The van der Waals surface area contributed by atoms with Crippen molar-refractivity contribution in [3.8, 4) is 17.2 Å². The molecule has 2 aromatic carbocycles. The van der Waals surface area contributed by atoms with Crippen LogP contribution in [0.5, 0.6) is 5.75 Å². The van der Waals surface area contributed by atoms with Crippen molar-refractivity contribution in [2.45, 2.75) is 19.3 Å². The summed E-state index contributed by atoms with van der Waals surface area (Å²) in [6.45, 7) is 0.0968. The number of rotatable bonds is 7. The molecule has 0 aliphatic carbocycles. The predicted octanol–water partition coefficient (Wildman–Crippen LogP) is 4.91. The van der Waals surface area contributed by atoms with Gasteiger partial charge in [-0.15, -0.1) is 0 Å². The van der Waals surface area contributed by atoms with E-state index in [0.29, 0.717) is 10.9 Å². The molecular formula is C27H20F3N5O3. The van der Waals surface area contributed by atoms with Gasteiger partial charge in [0.25, 0.3) is 5.91 Å². The third-order valence-corrected chi connectivity index (χ3v) is 5.81. The molecule has 38 heavy (non-hydrogen) atoms. The summed E-state index contributed by atoms with van der Waals surface area (Å²) in [7, 11) is 1.33. The van der Waals surface area contributed by atoms with Gasteiger partial charge < -0.3 is 25.1 Å². The molecule has 11 heteroatoms. The lowest BCUT2D eigenvalue weighted by Gasteiger charge is -2.13. The minimum atomic E-state index is -4.63. The molecule has 1 amide bonds. The van der Waals surface area contributed by atoms with E-state index < -0.39 is 17.8 Å². The fourth-order valence-corrected chi connectivity index (χ4v) is 3.98. The van der Waals surface area contributed by atoms with Gasteiger partial charge in [-0.1, -0.05) is 23.6 Å². The number of pyridine rings is 1. The first kappa shape index (κ1) is 24.9. The SMILES string of the molecule is COc1ccc(-c2nc(C(=O)NCc3cccc(N4C=C=C=C4)c3)c(CN)o2)c2ccc(C(F)(F)F)nc12. The molecule has 2 aromatic heterocycles. The Morgan fingerprint density at radius 3 is 2.63 bits per heavy atom.